The minimum Gasteiger partial charge on any atom is -0.309 e. The normalized spacial score (nSPS) is 11.7. The predicted molar refractivity (Wildman–Crippen MR) is 225 cm³/mol. The molecule has 11 rings (SSSR count). The van der Waals surface area contributed by atoms with Gasteiger partial charge in [0.05, 0.1) is 33.3 Å². The highest BCUT2D eigenvalue weighted by molar-refractivity contribution is 6.28. The van der Waals surface area contributed by atoms with E-state index in [4.69, 9.17) is 9.97 Å². The monoisotopic (exact) mass is 688 g/mol. The molecule has 0 radical (unpaired) electrons. The molecule has 252 valence electrons. The third-order valence-electron chi connectivity index (χ3n) is 10.8. The number of fused-ring (bicyclic) bond motifs is 8. The highest BCUT2D eigenvalue weighted by Crippen LogP contribution is 2.42. The van der Waals surface area contributed by atoms with Crippen LogP contribution in [-0.4, -0.2) is 19.1 Å². The number of nitrogens with zero attached hydrogens (tertiary/aromatic N) is 4. The summed E-state index contributed by atoms with van der Waals surface area (Å²) in [5.74, 6) is 0.654. The third kappa shape index (κ3) is 4.70. The molecule has 4 nitrogen and oxygen atoms in total. The van der Waals surface area contributed by atoms with Crippen LogP contribution in [0.2, 0.25) is 0 Å². The summed E-state index contributed by atoms with van der Waals surface area (Å²) in [5, 5.41) is 5.84. The van der Waals surface area contributed by atoms with E-state index in [1.165, 1.54) is 49.3 Å². The van der Waals surface area contributed by atoms with Crippen molar-refractivity contribution in [3.63, 3.8) is 0 Å². The van der Waals surface area contributed by atoms with Crippen molar-refractivity contribution in [1.82, 2.24) is 19.1 Å². The number of hydrogen-bond donors (Lipinski definition) is 0. The molecule has 8 aromatic carbocycles. The molecule has 0 fully saturated rings. The van der Waals surface area contributed by atoms with Gasteiger partial charge in [0.25, 0.3) is 0 Å². The van der Waals surface area contributed by atoms with Crippen LogP contribution in [0.5, 0.6) is 0 Å². The van der Waals surface area contributed by atoms with Crippen LogP contribution in [0.4, 0.5) is 0 Å². The Labute approximate surface area is 311 Å². The first kappa shape index (κ1) is 30.3. The molecule has 11 aromatic rings. The maximum Gasteiger partial charge on any atom is 0.235 e. The zero-order valence-electron chi connectivity index (χ0n) is 29.3. The predicted octanol–water partition coefficient (Wildman–Crippen LogP) is 12.8. The van der Waals surface area contributed by atoms with Crippen LogP contribution in [0.1, 0.15) is 0 Å². The van der Waals surface area contributed by atoms with E-state index in [1.54, 1.807) is 0 Å². The first-order valence-corrected chi connectivity index (χ1v) is 18.3. The standard InChI is InChI=1S/C50H32N4/c1-3-13-33(14-4-1)35-23-25-37(26-24-35)49-39-17-7-10-20-42(39)51-50(52-49)54-44-22-12-9-19-41(44)48-46(54)32-31-45-47(48)40-18-8-11-21-43(40)53(45)38-29-27-36(28-30-38)34-15-5-2-6-16-34/h1-32H. The van der Waals surface area contributed by atoms with Gasteiger partial charge in [-0.05, 0) is 64.7 Å². The van der Waals surface area contributed by atoms with Crippen molar-refractivity contribution in [3.05, 3.63) is 194 Å². The SMILES string of the molecule is c1ccc(-c2ccc(-c3nc(-n4c5ccccc5c5c6c7ccccc7n(-c7ccc(-c8ccccc8)cc7)c6ccc54)nc4ccccc34)cc2)cc1. The fourth-order valence-corrected chi connectivity index (χ4v) is 8.28. The molecule has 0 spiro atoms. The molecule has 0 aliphatic rings. The molecule has 0 saturated heterocycles. The van der Waals surface area contributed by atoms with Crippen molar-refractivity contribution < 1.29 is 0 Å². The lowest BCUT2D eigenvalue weighted by Crippen LogP contribution is -2.03. The highest BCUT2D eigenvalue weighted by Gasteiger charge is 2.22. The molecule has 0 N–H and O–H groups in total. The number of aromatic nitrogens is 4. The molecular formula is C50H32N4. The summed E-state index contributed by atoms with van der Waals surface area (Å²) in [5.41, 5.74) is 13.3. The fraction of sp³-hybridized carbons (Fsp3) is 0. The molecule has 0 bridgehead atoms. The molecule has 0 aliphatic carbocycles. The van der Waals surface area contributed by atoms with E-state index in [0.717, 1.165) is 44.4 Å². The smallest absolute Gasteiger partial charge is 0.235 e. The maximum atomic E-state index is 5.39. The van der Waals surface area contributed by atoms with Crippen LogP contribution in [0.25, 0.3) is 99.7 Å². The van der Waals surface area contributed by atoms with Gasteiger partial charge < -0.3 is 4.57 Å². The molecule has 0 amide bonds. The Balaban J connectivity index is 1.14. The lowest BCUT2D eigenvalue weighted by atomic mass is 10.0. The Bertz CT molecular complexity index is 3170. The Morgan fingerprint density at radius 2 is 0.741 bits per heavy atom. The molecule has 0 saturated carbocycles. The van der Waals surface area contributed by atoms with Crippen molar-refractivity contribution in [2.45, 2.75) is 0 Å². The van der Waals surface area contributed by atoms with Crippen LogP contribution < -0.4 is 0 Å². The first-order chi connectivity index (χ1) is 26.8. The van der Waals surface area contributed by atoms with Crippen molar-refractivity contribution in [2.24, 2.45) is 0 Å². The minimum absolute atomic E-state index is 0.654. The van der Waals surface area contributed by atoms with Crippen LogP contribution in [0, 0.1) is 0 Å². The second-order valence-electron chi connectivity index (χ2n) is 13.8. The van der Waals surface area contributed by atoms with E-state index < -0.39 is 0 Å². The van der Waals surface area contributed by atoms with E-state index in [-0.39, 0.29) is 0 Å². The van der Waals surface area contributed by atoms with Crippen molar-refractivity contribution in [3.8, 4) is 45.1 Å². The summed E-state index contributed by atoms with van der Waals surface area (Å²) >= 11 is 0. The summed E-state index contributed by atoms with van der Waals surface area (Å²) in [4.78, 5) is 10.6. The Morgan fingerprint density at radius 3 is 1.35 bits per heavy atom. The zero-order valence-corrected chi connectivity index (χ0v) is 29.3. The quantitative estimate of drug-likeness (QED) is 0.180. The van der Waals surface area contributed by atoms with Gasteiger partial charge >= 0.3 is 0 Å². The lowest BCUT2D eigenvalue weighted by Gasteiger charge is -2.12. The van der Waals surface area contributed by atoms with Gasteiger partial charge in [0.2, 0.25) is 5.95 Å². The summed E-state index contributed by atoms with van der Waals surface area (Å²) in [7, 11) is 0. The molecular weight excluding hydrogens is 657 g/mol. The molecule has 0 atom stereocenters. The van der Waals surface area contributed by atoms with Gasteiger partial charge in [0.1, 0.15) is 0 Å². The third-order valence-corrected chi connectivity index (χ3v) is 10.8. The molecule has 0 unspecified atom stereocenters. The van der Waals surface area contributed by atoms with Crippen molar-refractivity contribution >= 4 is 54.5 Å². The largest absolute Gasteiger partial charge is 0.309 e. The van der Waals surface area contributed by atoms with Crippen LogP contribution in [-0.2, 0) is 0 Å². The average molecular weight is 689 g/mol. The summed E-state index contributed by atoms with van der Waals surface area (Å²) in [6, 6.07) is 68.9. The Morgan fingerprint density at radius 1 is 0.296 bits per heavy atom. The summed E-state index contributed by atoms with van der Waals surface area (Å²) in [6.45, 7) is 0. The second-order valence-corrected chi connectivity index (χ2v) is 13.8. The molecule has 54 heavy (non-hydrogen) atoms. The number of rotatable bonds is 5. The Kier molecular flexibility index (Phi) is 6.82. The molecule has 3 heterocycles. The minimum atomic E-state index is 0.654. The van der Waals surface area contributed by atoms with Crippen molar-refractivity contribution in [1.29, 1.82) is 0 Å². The number of para-hydroxylation sites is 3. The molecule has 3 aromatic heterocycles. The average Bonchev–Trinajstić information content (AvgIpc) is 3.77. The van der Waals surface area contributed by atoms with Gasteiger partial charge in [0.15, 0.2) is 0 Å². The maximum absolute atomic E-state index is 5.39. The van der Waals surface area contributed by atoms with Gasteiger partial charge in [-0.3, -0.25) is 4.57 Å². The Hall–Kier alpha value is -7.30. The lowest BCUT2D eigenvalue weighted by molar-refractivity contribution is 1.01. The highest BCUT2D eigenvalue weighted by atomic mass is 15.2. The van der Waals surface area contributed by atoms with Crippen LogP contribution >= 0.6 is 0 Å². The first-order valence-electron chi connectivity index (χ1n) is 18.3. The van der Waals surface area contributed by atoms with Gasteiger partial charge in [-0.25, -0.2) is 9.97 Å². The number of hydrogen-bond acceptors (Lipinski definition) is 2. The second kappa shape index (κ2) is 12.1. The van der Waals surface area contributed by atoms with E-state index in [0.29, 0.717) is 5.95 Å². The summed E-state index contributed by atoms with van der Waals surface area (Å²) < 4.78 is 4.65. The van der Waals surface area contributed by atoms with Crippen LogP contribution in [0.3, 0.4) is 0 Å². The van der Waals surface area contributed by atoms with E-state index >= 15 is 0 Å². The van der Waals surface area contributed by atoms with Gasteiger partial charge in [-0.2, -0.15) is 0 Å². The van der Waals surface area contributed by atoms with Crippen LogP contribution in [0.15, 0.2) is 194 Å². The van der Waals surface area contributed by atoms with Gasteiger partial charge in [-0.1, -0.05) is 152 Å². The zero-order chi connectivity index (χ0) is 35.6. The summed E-state index contributed by atoms with van der Waals surface area (Å²) in [6.07, 6.45) is 0. The fourth-order valence-electron chi connectivity index (χ4n) is 8.28. The topological polar surface area (TPSA) is 35.6 Å². The molecule has 0 aliphatic heterocycles. The van der Waals surface area contributed by atoms with E-state index in [2.05, 4.69) is 203 Å². The molecule has 4 heteroatoms. The van der Waals surface area contributed by atoms with Gasteiger partial charge in [0, 0.05) is 38.2 Å². The van der Waals surface area contributed by atoms with E-state index in [1.807, 2.05) is 0 Å². The van der Waals surface area contributed by atoms with Gasteiger partial charge in [-0.15, -0.1) is 0 Å². The number of benzene rings is 8. The van der Waals surface area contributed by atoms with Crippen molar-refractivity contribution in [2.75, 3.05) is 0 Å². The van der Waals surface area contributed by atoms with E-state index in [9.17, 15) is 0 Å².